The average Bonchev–Trinajstić information content (AvgIpc) is 2.71. The number of amides is 2. The van der Waals surface area contributed by atoms with E-state index in [2.05, 4.69) is 0 Å². The zero-order valence-corrected chi connectivity index (χ0v) is 11.3. The Balaban J connectivity index is 1.95. The van der Waals surface area contributed by atoms with Gasteiger partial charge in [-0.2, -0.15) is 0 Å². The zero-order chi connectivity index (χ0) is 14.2. The molecular formula is C16H17NO3. The van der Waals surface area contributed by atoms with Gasteiger partial charge in [-0.3, -0.25) is 19.3 Å². The summed E-state index contributed by atoms with van der Waals surface area (Å²) in [6.07, 6.45) is 5.83. The van der Waals surface area contributed by atoms with Crippen molar-refractivity contribution in [3.05, 3.63) is 29.8 Å². The van der Waals surface area contributed by atoms with Crippen molar-refractivity contribution in [1.29, 1.82) is 0 Å². The quantitative estimate of drug-likeness (QED) is 0.614. The Bertz CT molecular complexity index is 573. The Labute approximate surface area is 117 Å². The van der Waals surface area contributed by atoms with Crippen molar-refractivity contribution >= 4 is 23.8 Å². The lowest BCUT2D eigenvalue weighted by molar-refractivity contribution is -0.127. The summed E-state index contributed by atoms with van der Waals surface area (Å²) in [6.45, 7) is 0. The molecule has 1 spiro atoms. The highest BCUT2D eigenvalue weighted by molar-refractivity contribution is 6.22. The van der Waals surface area contributed by atoms with Crippen LogP contribution >= 0.6 is 0 Å². The lowest BCUT2D eigenvalue weighted by Gasteiger charge is -2.30. The summed E-state index contributed by atoms with van der Waals surface area (Å²) in [5.74, 6) is -0.217. The molecule has 1 heterocycles. The second-order valence-electron chi connectivity index (χ2n) is 5.76. The highest BCUT2D eigenvalue weighted by Crippen LogP contribution is 2.46. The first-order valence-electron chi connectivity index (χ1n) is 7.09. The first-order valence-corrected chi connectivity index (χ1v) is 7.09. The van der Waals surface area contributed by atoms with Crippen molar-refractivity contribution in [3.8, 4) is 0 Å². The topological polar surface area (TPSA) is 54.5 Å². The van der Waals surface area contributed by atoms with E-state index in [0.29, 0.717) is 17.7 Å². The summed E-state index contributed by atoms with van der Waals surface area (Å²) >= 11 is 0. The Kier molecular flexibility index (Phi) is 3.16. The summed E-state index contributed by atoms with van der Waals surface area (Å²) in [4.78, 5) is 37.1. The van der Waals surface area contributed by atoms with Crippen LogP contribution in [0.5, 0.6) is 0 Å². The van der Waals surface area contributed by atoms with Crippen molar-refractivity contribution in [2.45, 2.75) is 38.5 Å². The smallest absolute Gasteiger partial charge is 0.240 e. The van der Waals surface area contributed by atoms with Gasteiger partial charge in [0.1, 0.15) is 6.29 Å². The van der Waals surface area contributed by atoms with E-state index < -0.39 is 5.41 Å². The highest BCUT2D eigenvalue weighted by atomic mass is 16.2. The minimum atomic E-state index is -0.480. The first-order chi connectivity index (χ1) is 9.66. The maximum atomic E-state index is 12.7. The summed E-state index contributed by atoms with van der Waals surface area (Å²) in [5, 5.41) is 0. The van der Waals surface area contributed by atoms with Gasteiger partial charge in [0.2, 0.25) is 11.8 Å². The van der Waals surface area contributed by atoms with Gasteiger partial charge in [0.25, 0.3) is 0 Å². The van der Waals surface area contributed by atoms with Crippen molar-refractivity contribution in [2.75, 3.05) is 4.90 Å². The maximum absolute atomic E-state index is 12.7. The van der Waals surface area contributed by atoms with Crippen LogP contribution in [0.25, 0.3) is 0 Å². The van der Waals surface area contributed by atoms with Crippen LogP contribution in [0.15, 0.2) is 24.3 Å². The molecule has 0 unspecified atom stereocenters. The molecule has 0 aromatic heterocycles. The standard InChI is InChI=1S/C16H17NO3/c18-11-12-5-4-6-13(9-12)17-14(19)10-16(15(17)20)7-2-1-3-8-16/h4-6,9,11H,1-3,7-8,10H2. The van der Waals surface area contributed by atoms with E-state index in [1.165, 1.54) is 4.90 Å². The minimum Gasteiger partial charge on any atom is -0.298 e. The number of rotatable bonds is 2. The molecule has 1 saturated heterocycles. The fourth-order valence-electron chi connectivity index (χ4n) is 3.41. The monoisotopic (exact) mass is 271 g/mol. The van der Waals surface area contributed by atoms with E-state index in [1.807, 2.05) is 0 Å². The van der Waals surface area contributed by atoms with Crippen LogP contribution in [0.4, 0.5) is 5.69 Å². The van der Waals surface area contributed by atoms with E-state index in [1.54, 1.807) is 24.3 Å². The van der Waals surface area contributed by atoms with Gasteiger partial charge in [0.15, 0.2) is 0 Å². The summed E-state index contributed by atoms with van der Waals surface area (Å²) in [7, 11) is 0. The van der Waals surface area contributed by atoms with E-state index in [-0.39, 0.29) is 11.8 Å². The normalized spacial score (nSPS) is 21.5. The predicted octanol–water partition coefficient (Wildman–Crippen LogP) is 2.71. The Morgan fingerprint density at radius 2 is 1.85 bits per heavy atom. The van der Waals surface area contributed by atoms with Gasteiger partial charge >= 0.3 is 0 Å². The molecule has 1 aliphatic carbocycles. The number of aldehydes is 1. The number of nitrogens with zero attached hydrogens (tertiary/aromatic N) is 1. The minimum absolute atomic E-state index is 0.0785. The van der Waals surface area contributed by atoms with Gasteiger partial charge < -0.3 is 0 Å². The van der Waals surface area contributed by atoms with Gasteiger partial charge in [0, 0.05) is 12.0 Å². The molecular weight excluding hydrogens is 254 g/mol. The van der Waals surface area contributed by atoms with Crippen molar-refractivity contribution in [1.82, 2.24) is 0 Å². The molecule has 4 heteroatoms. The van der Waals surface area contributed by atoms with Gasteiger partial charge in [-0.15, -0.1) is 0 Å². The molecule has 1 aromatic carbocycles. The summed E-state index contributed by atoms with van der Waals surface area (Å²) in [6, 6.07) is 6.68. The van der Waals surface area contributed by atoms with Crippen molar-refractivity contribution in [3.63, 3.8) is 0 Å². The van der Waals surface area contributed by atoms with Crippen LogP contribution < -0.4 is 4.90 Å². The summed E-state index contributed by atoms with van der Waals surface area (Å²) < 4.78 is 0. The first kappa shape index (κ1) is 13.0. The zero-order valence-electron chi connectivity index (χ0n) is 11.3. The summed E-state index contributed by atoms with van der Waals surface area (Å²) in [5.41, 5.74) is 0.520. The molecule has 1 aromatic rings. The number of carbonyl (C=O) groups is 3. The molecule has 104 valence electrons. The van der Waals surface area contributed by atoms with Crippen LogP contribution in [0.2, 0.25) is 0 Å². The molecule has 4 nitrogen and oxygen atoms in total. The maximum Gasteiger partial charge on any atom is 0.240 e. The number of hydrogen-bond donors (Lipinski definition) is 0. The molecule has 1 aliphatic heterocycles. The largest absolute Gasteiger partial charge is 0.298 e. The molecule has 0 bridgehead atoms. The molecule has 0 radical (unpaired) electrons. The van der Waals surface area contributed by atoms with Crippen molar-refractivity contribution in [2.24, 2.45) is 5.41 Å². The fourth-order valence-corrected chi connectivity index (χ4v) is 3.41. The average molecular weight is 271 g/mol. The second kappa shape index (κ2) is 4.85. The third kappa shape index (κ3) is 1.96. The third-order valence-electron chi connectivity index (χ3n) is 4.47. The van der Waals surface area contributed by atoms with Crippen LogP contribution in [0.3, 0.4) is 0 Å². The molecule has 0 atom stereocenters. The molecule has 20 heavy (non-hydrogen) atoms. The van der Waals surface area contributed by atoms with E-state index in [0.717, 1.165) is 38.4 Å². The lowest BCUT2D eigenvalue weighted by Crippen LogP contribution is -2.37. The number of carbonyl (C=O) groups excluding carboxylic acids is 3. The fraction of sp³-hybridized carbons (Fsp3) is 0.438. The van der Waals surface area contributed by atoms with E-state index >= 15 is 0 Å². The number of anilines is 1. The van der Waals surface area contributed by atoms with Gasteiger partial charge in [0.05, 0.1) is 11.1 Å². The van der Waals surface area contributed by atoms with Gasteiger partial charge in [-0.1, -0.05) is 31.4 Å². The molecule has 2 amide bonds. The highest BCUT2D eigenvalue weighted by Gasteiger charge is 2.51. The van der Waals surface area contributed by atoms with Gasteiger partial charge in [-0.25, -0.2) is 0 Å². The van der Waals surface area contributed by atoms with Crippen LogP contribution in [-0.2, 0) is 9.59 Å². The predicted molar refractivity (Wildman–Crippen MR) is 74.5 cm³/mol. The molecule has 2 fully saturated rings. The van der Waals surface area contributed by atoms with Crippen LogP contribution in [0, 0.1) is 5.41 Å². The lowest BCUT2D eigenvalue weighted by atomic mass is 9.73. The van der Waals surface area contributed by atoms with E-state index in [4.69, 9.17) is 0 Å². The van der Waals surface area contributed by atoms with Crippen molar-refractivity contribution < 1.29 is 14.4 Å². The van der Waals surface area contributed by atoms with E-state index in [9.17, 15) is 14.4 Å². The third-order valence-corrected chi connectivity index (χ3v) is 4.47. The number of benzene rings is 1. The molecule has 3 rings (SSSR count). The van der Waals surface area contributed by atoms with Crippen LogP contribution in [-0.4, -0.2) is 18.1 Å². The Hall–Kier alpha value is -1.97. The molecule has 2 aliphatic rings. The SMILES string of the molecule is O=Cc1cccc(N2C(=O)CC3(CCCCC3)C2=O)c1. The second-order valence-corrected chi connectivity index (χ2v) is 5.76. The molecule has 0 N–H and O–H groups in total. The number of hydrogen-bond acceptors (Lipinski definition) is 3. The number of imide groups is 1. The van der Waals surface area contributed by atoms with Crippen LogP contribution in [0.1, 0.15) is 48.9 Å². The van der Waals surface area contributed by atoms with Gasteiger partial charge in [-0.05, 0) is 25.0 Å². The molecule has 1 saturated carbocycles. The Morgan fingerprint density at radius 1 is 1.10 bits per heavy atom. The Morgan fingerprint density at radius 3 is 2.55 bits per heavy atom.